The molecule has 6 heteroatoms. The average Bonchev–Trinajstić information content (AvgIpc) is 3.00. The minimum Gasteiger partial charge on any atom is -0.356 e. The van der Waals surface area contributed by atoms with Crippen molar-refractivity contribution in [3.63, 3.8) is 0 Å². The number of benzene rings is 2. The van der Waals surface area contributed by atoms with E-state index in [0.717, 1.165) is 30.0 Å². The molecule has 2 N–H and O–H groups in total. The van der Waals surface area contributed by atoms with E-state index >= 15 is 0 Å². The topological polar surface area (TPSA) is 44.9 Å². The monoisotopic (exact) mass is 414 g/mol. The highest BCUT2D eigenvalue weighted by molar-refractivity contribution is 5.92. The van der Waals surface area contributed by atoms with Gasteiger partial charge in [0.05, 0.1) is 11.2 Å². The summed E-state index contributed by atoms with van der Waals surface area (Å²) >= 11 is 0. The molecular formula is C24H25F3N2O. The molecule has 0 unspecified atom stereocenters. The van der Waals surface area contributed by atoms with E-state index in [-0.39, 0.29) is 23.2 Å². The summed E-state index contributed by atoms with van der Waals surface area (Å²) in [4.78, 5) is 15.0. The summed E-state index contributed by atoms with van der Waals surface area (Å²) in [6.45, 7) is 4.62. The van der Waals surface area contributed by atoms with Crippen molar-refractivity contribution < 1.29 is 18.0 Å². The van der Waals surface area contributed by atoms with E-state index in [9.17, 15) is 18.0 Å². The summed E-state index contributed by atoms with van der Waals surface area (Å²) in [6.07, 6.45) is 2.15. The number of aromatic amines is 1. The maximum atomic E-state index is 14.4. The van der Waals surface area contributed by atoms with E-state index in [1.165, 1.54) is 18.2 Å². The van der Waals surface area contributed by atoms with Gasteiger partial charge < -0.3 is 10.3 Å². The molecule has 0 spiro atoms. The van der Waals surface area contributed by atoms with Crippen LogP contribution in [0.4, 0.5) is 13.2 Å². The zero-order chi connectivity index (χ0) is 21.4. The van der Waals surface area contributed by atoms with E-state index in [2.05, 4.69) is 10.3 Å². The fraction of sp³-hybridized carbons (Fsp3) is 0.375. The molecule has 3 nitrogen and oxygen atoms in total. The zero-order valence-corrected chi connectivity index (χ0v) is 17.1. The van der Waals surface area contributed by atoms with Gasteiger partial charge in [0.2, 0.25) is 5.91 Å². The lowest BCUT2D eigenvalue weighted by Crippen LogP contribution is -2.35. The molecular weight excluding hydrogens is 389 g/mol. The first-order valence-electron chi connectivity index (χ1n) is 10.3. The maximum absolute atomic E-state index is 14.4. The molecule has 0 bridgehead atoms. The minimum absolute atomic E-state index is 0.0525. The fourth-order valence-corrected chi connectivity index (χ4v) is 4.35. The quantitative estimate of drug-likeness (QED) is 0.518. The van der Waals surface area contributed by atoms with Gasteiger partial charge in [-0.1, -0.05) is 13.8 Å². The molecule has 1 saturated carbocycles. The van der Waals surface area contributed by atoms with E-state index < -0.39 is 11.6 Å². The smallest absolute Gasteiger partial charge is 0.220 e. The van der Waals surface area contributed by atoms with Crippen LogP contribution in [-0.2, 0) is 4.79 Å². The standard InChI is InChI=1S/C24H25F3N2O/c1-13(2)7-21(30)28-12-14-8-16(9-14)22-19-10-18(26)11-20(27)24(19)29-23(22)15-3-5-17(25)6-4-15/h3-6,10-11,13-14,16,29H,7-9,12H2,1-2H3,(H,28,30). The largest absolute Gasteiger partial charge is 0.356 e. The van der Waals surface area contributed by atoms with Crippen LogP contribution in [-0.4, -0.2) is 17.4 Å². The van der Waals surface area contributed by atoms with Gasteiger partial charge in [-0.25, -0.2) is 13.2 Å². The van der Waals surface area contributed by atoms with Crippen molar-refractivity contribution in [2.45, 2.75) is 39.0 Å². The van der Waals surface area contributed by atoms with Crippen molar-refractivity contribution in [1.29, 1.82) is 0 Å². The Morgan fingerprint density at radius 1 is 1.10 bits per heavy atom. The van der Waals surface area contributed by atoms with Crippen LogP contribution in [0, 0.1) is 29.3 Å². The molecule has 1 fully saturated rings. The third-order valence-corrected chi connectivity index (χ3v) is 5.82. The predicted octanol–water partition coefficient (Wildman–Crippen LogP) is 5.91. The zero-order valence-electron chi connectivity index (χ0n) is 17.1. The molecule has 2 aromatic carbocycles. The van der Waals surface area contributed by atoms with Crippen LogP contribution in [0.5, 0.6) is 0 Å². The molecule has 1 amide bonds. The number of hydrogen-bond donors (Lipinski definition) is 2. The molecule has 3 aromatic rings. The molecule has 158 valence electrons. The summed E-state index contributed by atoms with van der Waals surface area (Å²) in [7, 11) is 0. The Kier molecular flexibility index (Phi) is 5.58. The number of nitrogens with one attached hydrogen (secondary N) is 2. The number of carbonyl (C=O) groups excluding carboxylic acids is 1. The molecule has 0 aliphatic heterocycles. The van der Waals surface area contributed by atoms with E-state index in [1.807, 2.05) is 13.8 Å². The van der Waals surface area contributed by atoms with Gasteiger partial charge in [-0.05, 0) is 72.1 Å². The van der Waals surface area contributed by atoms with Crippen molar-refractivity contribution in [2.24, 2.45) is 11.8 Å². The molecule has 0 saturated heterocycles. The van der Waals surface area contributed by atoms with Crippen molar-refractivity contribution in [2.75, 3.05) is 6.54 Å². The van der Waals surface area contributed by atoms with E-state index in [4.69, 9.17) is 0 Å². The Labute approximate surface area is 173 Å². The van der Waals surface area contributed by atoms with Crippen LogP contribution in [0.2, 0.25) is 0 Å². The lowest BCUT2D eigenvalue weighted by Gasteiger charge is -2.36. The Bertz CT molecular complexity index is 1070. The predicted molar refractivity (Wildman–Crippen MR) is 112 cm³/mol. The molecule has 1 heterocycles. The van der Waals surface area contributed by atoms with E-state index in [1.54, 1.807) is 12.1 Å². The van der Waals surface area contributed by atoms with Crippen molar-refractivity contribution in [3.8, 4) is 11.3 Å². The Morgan fingerprint density at radius 3 is 2.47 bits per heavy atom. The van der Waals surface area contributed by atoms with Crippen LogP contribution in [0.15, 0.2) is 36.4 Å². The number of carbonyl (C=O) groups is 1. The first kappa shape index (κ1) is 20.5. The average molecular weight is 414 g/mol. The first-order valence-corrected chi connectivity index (χ1v) is 10.3. The number of hydrogen-bond acceptors (Lipinski definition) is 1. The molecule has 0 radical (unpaired) electrons. The van der Waals surface area contributed by atoms with E-state index in [0.29, 0.717) is 35.9 Å². The summed E-state index contributed by atoms with van der Waals surface area (Å²) < 4.78 is 41.8. The van der Waals surface area contributed by atoms with Gasteiger partial charge in [-0.2, -0.15) is 0 Å². The fourth-order valence-electron chi connectivity index (χ4n) is 4.35. The maximum Gasteiger partial charge on any atom is 0.220 e. The molecule has 4 rings (SSSR count). The van der Waals surface area contributed by atoms with Crippen LogP contribution in [0.1, 0.15) is 44.6 Å². The number of H-pyrrole nitrogens is 1. The van der Waals surface area contributed by atoms with Crippen molar-refractivity contribution in [1.82, 2.24) is 10.3 Å². The number of aromatic nitrogens is 1. The normalized spacial score (nSPS) is 18.6. The summed E-state index contributed by atoms with van der Waals surface area (Å²) in [5.41, 5.74) is 2.55. The van der Waals surface area contributed by atoms with Gasteiger partial charge in [-0.15, -0.1) is 0 Å². The molecule has 1 aliphatic rings. The summed E-state index contributed by atoms with van der Waals surface area (Å²) in [6, 6.07) is 8.21. The van der Waals surface area contributed by atoms with Gasteiger partial charge in [-0.3, -0.25) is 4.79 Å². The van der Waals surface area contributed by atoms with Crippen molar-refractivity contribution in [3.05, 3.63) is 59.4 Å². The number of amides is 1. The third kappa shape index (κ3) is 4.09. The number of fused-ring (bicyclic) bond motifs is 1. The van der Waals surface area contributed by atoms with Gasteiger partial charge in [0, 0.05) is 24.4 Å². The molecule has 1 aromatic heterocycles. The number of rotatable bonds is 6. The summed E-state index contributed by atoms with van der Waals surface area (Å²) in [5, 5.41) is 3.51. The lowest BCUT2D eigenvalue weighted by molar-refractivity contribution is -0.122. The minimum atomic E-state index is -0.642. The van der Waals surface area contributed by atoms with Crippen LogP contribution < -0.4 is 5.32 Å². The Hall–Kier alpha value is -2.76. The summed E-state index contributed by atoms with van der Waals surface area (Å²) in [5.74, 6) is -0.804. The second-order valence-corrected chi connectivity index (χ2v) is 8.67. The highest BCUT2D eigenvalue weighted by atomic mass is 19.1. The second kappa shape index (κ2) is 8.17. The third-order valence-electron chi connectivity index (χ3n) is 5.82. The highest BCUT2D eigenvalue weighted by Crippen LogP contribution is 2.48. The van der Waals surface area contributed by atoms with Crippen LogP contribution in [0.3, 0.4) is 0 Å². The van der Waals surface area contributed by atoms with Crippen LogP contribution >= 0.6 is 0 Å². The molecule has 0 atom stereocenters. The van der Waals surface area contributed by atoms with Gasteiger partial charge >= 0.3 is 0 Å². The van der Waals surface area contributed by atoms with Crippen molar-refractivity contribution >= 4 is 16.8 Å². The SMILES string of the molecule is CC(C)CC(=O)NCC1CC(c2c(-c3ccc(F)cc3)[nH]c3c(F)cc(F)cc23)C1. The van der Waals surface area contributed by atoms with Gasteiger partial charge in [0.25, 0.3) is 0 Å². The first-order chi connectivity index (χ1) is 14.3. The second-order valence-electron chi connectivity index (χ2n) is 8.67. The lowest BCUT2D eigenvalue weighted by atomic mass is 9.70. The molecule has 1 aliphatic carbocycles. The van der Waals surface area contributed by atoms with Gasteiger partial charge in [0.15, 0.2) is 0 Å². The Balaban J connectivity index is 1.60. The van der Waals surface area contributed by atoms with Gasteiger partial charge in [0.1, 0.15) is 17.5 Å². The number of halogens is 3. The molecule has 30 heavy (non-hydrogen) atoms. The van der Waals surface area contributed by atoms with Crippen LogP contribution in [0.25, 0.3) is 22.2 Å². The Morgan fingerprint density at radius 2 is 1.80 bits per heavy atom. The highest BCUT2D eigenvalue weighted by Gasteiger charge is 2.34.